The first kappa shape index (κ1) is 17.9. The molecule has 1 heterocycles. The van der Waals surface area contributed by atoms with Crippen molar-refractivity contribution in [1.82, 2.24) is 0 Å². The summed E-state index contributed by atoms with van der Waals surface area (Å²) in [5, 5.41) is 8.70. The summed E-state index contributed by atoms with van der Waals surface area (Å²) in [6.07, 6.45) is 0. The number of hydrogen-bond donors (Lipinski definition) is 0. The van der Waals surface area contributed by atoms with E-state index in [0.717, 1.165) is 14.0 Å². The Kier molecular flexibility index (Phi) is 9.99. The van der Waals surface area contributed by atoms with Crippen molar-refractivity contribution in [3.05, 3.63) is 45.6 Å². The van der Waals surface area contributed by atoms with Crippen LogP contribution < -0.4 is 103 Å². The van der Waals surface area contributed by atoms with Crippen LogP contribution in [0.3, 0.4) is 0 Å². The SMILES string of the molecule is [C-]#[N+]C(C#N)=C1Sc2[c-]cc[c-]c2S1.[K+].[K+]. The van der Waals surface area contributed by atoms with Crippen LogP contribution in [0.5, 0.6) is 0 Å². The third kappa shape index (κ3) is 4.23. The smallest absolute Gasteiger partial charge is 0.304 e. The van der Waals surface area contributed by atoms with Crippen LogP contribution in [0, 0.1) is 30.0 Å². The van der Waals surface area contributed by atoms with Crippen molar-refractivity contribution in [2.75, 3.05) is 0 Å². The quantitative estimate of drug-likeness (QED) is 0.292. The molecular formula is C10H2K2N2S2. The molecule has 0 aliphatic carbocycles. The largest absolute Gasteiger partial charge is 1.00 e. The molecule has 0 unspecified atom stereocenters. The van der Waals surface area contributed by atoms with E-state index >= 15 is 0 Å². The number of rotatable bonds is 0. The number of nitrogens with zero attached hydrogens (tertiary/aromatic N) is 2. The summed E-state index contributed by atoms with van der Waals surface area (Å²) in [4.78, 5) is 5.07. The predicted molar refractivity (Wildman–Crippen MR) is 55.1 cm³/mol. The molecule has 0 saturated carbocycles. The fourth-order valence-electron chi connectivity index (χ4n) is 0.937. The minimum atomic E-state index is 0. The van der Waals surface area contributed by atoms with Crippen LogP contribution in [0.15, 0.2) is 31.9 Å². The van der Waals surface area contributed by atoms with E-state index in [2.05, 4.69) is 17.0 Å². The molecule has 0 radical (unpaired) electrons. The molecule has 1 aromatic carbocycles. The molecule has 2 rings (SSSR count). The Bertz CT molecular complexity index is 457. The Hall–Kier alpha value is 1.91. The van der Waals surface area contributed by atoms with E-state index in [-0.39, 0.29) is 108 Å². The first-order valence-electron chi connectivity index (χ1n) is 3.65. The minimum Gasteiger partial charge on any atom is -0.304 e. The minimum absolute atomic E-state index is 0. The standard InChI is InChI=1S/C10H2N2S2.2K/c1-12-7(6-11)10-13-8-4-2-3-5-9(8)14-10;;/h2-3H;;/q-2;2*+1. The number of thioether (sulfide) groups is 2. The van der Waals surface area contributed by atoms with Gasteiger partial charge in [-0.05, 0) is 0 Å². The van der Waals surface area contributed by atoms with E-state index in [4.69, 9.17) is 11.8 Å². The zero-order valence-corrected chi connectivity index (χ0v) is 16.7. The Morgan fingerprint density at radius 3 is 2.12 bits per heavy atom. The Morgan fingerprint density at radius 2 is 1.75 bits per heavy atom. The summed E-state index contributed by atoms with van der Waals surface area (Å²) in [6, 6.07) is 11.5. The molecule has 0 saturated heterocycles. The average Bonchev–Trinajstić information content (AvgIpc) is 2.63. The van der Waals surface area contributed by atoms with Gasteiger partial charge < -0.3 is 12.1 Å². The van der Waals surface area contributed by atoms with Gasteiger partial charge in [0.1, 0.15) is 0 Å². The molecule has 0 bridgehead atoms. The van der Waals surface area contributed by atoms with Crippen molar-refractivity contribution in [2.45, 2.75) is 9.79 Å². The molecule has 6 heteroatoms. The molecule has 0 amide bonds. The molecule has 1 aromatic rings. The number of allylic oxidation sites excluding steroid dienone is 1. The first-order valence-corrected chi connectivity index (χ1v) is 5.28. The van der Waals surface area contributed by atoms with Crippen molar-refractivity contribution >= 4 is 23.5 Å². The fraction of sp³-hybridized carbons (Fsp3) is 0. The van der Waals surface area contributed by atoms with Crippen LogP contribution in [0.1, 0.15) is 0 Å². The molecule has 1 aliphatic heterocycles. The van der Waals surface area contributed by atoms with E-state index in [1.54, 1.807) is 12.1 Å². The number of hydrogen-bond acceptors (Lipinski definition) is 3. The second-order valence-corrected chi connectivity index (χ2v) is 4.64. The van der Waals surface area contributed by atoms with Crippen molar-refractivity contribution in [3.63, 3.8) is 0 Å². The van der Waals surface area contributed by atoms with Gasteiger partial charge in [0.2, 0.25) is 0 Å². The average molecular weight is 292 g/mol. The van der Waals surface area contributed by atoms with Gasteiger partial charge in [-0.2, -0.15) is 23.5 Å². The third-order valence-electron chi connectivity index (χ3n) is 1.52. The Morgan fingerprint density at radius 1 is 1.25 bits per heavy atom. The maximum atomic E-state index is 8.70. The van der Waals surface area contributed by atoms with Crippen LogP contribution in [0.4, 0.5) is 0 Å². The van der Waals surface area contributed by atoms with Gasteiger partial charge in [-0.1, -0.05) is 0 Å². The number of fused-ring (bicyclic) bond motifs is 1. The van der Waals surface area contributed by atoms with Crippen molar-refractivity contribution in [1.29, 1.82) is 5.26 Å². The molecular weight excluding hydrogens is 290 g/mol. The van der Waals surface area contributed by atoms with Gasteiger partial charge in [0, 0.05) is 4.24 Å². The Labute approximate surface area is 188 Å². The molecule has 1 aliphatic rings. The topological polar surface area (TPSA) is 28.1 Å². The molecule has 0 spiro atoms. The fourth-order valence-corrected chi connectivity index (χ4v) is 3.16. The zero-order chi connectivity index (χ0) is 9.97. The van der Waals surface area contributed by atoms with Crippen LogP contribution in [0.2, 0.25) is 0 Å². The van der Waals surface area contributed by atoms with Gasteiger partial charge in [0.25, 0.3) is 5.70 Å². The number of nitriles is 1. The van der Waals surface area contributed by atoms with Gasteiger partial charge in [0.05, 0.1) is 12.6 Å². The maximum absolute atomic E-state index is 8.70. The summed E-state index contributed by atoms with van der Waals surface area (Å²) in [5.74, 6) is 0. The summed E-state index contributed by atoms with van der Waals surface area (Å²) < 4.78 is 0.733. The second-order valence-electron chi connectivity index (χ2n) is 2.34. The Balaban J connectivity index is 0.00000112. The second kappa shape index (κ2) is 8.92. The summed E-state index contributed by atoms with van der Waals surface area (Å²) >= 11 is 2.83. The molecule has 0 fully saturated rings. The van der Waals surface area contributed by atoms with E-state index in [1.807, 2.05) is 6.07 Å². The zero-order valence-electron chi connectivity index (χ0n) is 8.87. The molecule has 66 valence electrons. The normalized spacial score (nSPS) is 11.2. The van der Waals surface area contributed by atoms with Crippen molar-refractivity contribution in [2.24, 2.45) is 0 Å². The van der Waals surface area contributed by atoms with Crippen molar-refractivity contribution in [3.8, 4) is 6.07 Å². The monoisotopic (exact) mass is 292 g/mol. The van der Waals surface area contributed by atoms with Gasteiger partial charge in [-0.3, -0.25) is 12.1 Å². The molecule has 16 heavy (non-hydrogen) atoms. The molecule has 0 atom stereocenters. The van der Waals surface area contributed by atoms with E-state index in [0.29, 0.717) is 0 Å². The van der Waals surface area contributed by atoms with E-state index in [9.17, 15) is 0 Å². The summed E-state index contributed by atoms with van der Waals surface area (Å²) in [5.41, 5.74) is 0.151. The predicted octanol–water partition coefficient (Wildman–Crippen LogP) is -2.90. The third-order valence-corrected chi connectivity index (χ3v) is 3.96. The van der Waals surface area contributed by atoms with Crippen LogP contribution in [-0.2, 0) is 0 Å². The molecule has 0 aromatic heterocycles. The number of benzene rings is 1. The van der Waals surface area contributed by atoms with Crippen LogP contribution in [-0.4, -0.2) is 0 Å². The van der Waals surface area contributed by atoms with Gasteiger partial charge in [-0.25, -0.2) is 19.9 Å². The van der Waals surface area contributed by atoms with E-state index in [1.165, 1.54) is 23.5 Å². The van der Waals surface area contributed by atoms with Crippen LogP contribution >= 0.6 is 23.5 Å². The maximum Gasteiger partial charge on any atom is 1.00 e. The molecule has 0 N–H and O–H groups in total. The van der Waals surface area contributed by atoms with E-state index < -0.39 is 0 Å². The van der Waals surface area contributed by atoms with Gasteiger partial charge in [-0.15, -0.1) is 0 Å². The van der Waals surface area contributed by atoms with Crippen molar-refractivity contribution < 1.29 is 103 Å². The van der Waals surface area contributed by atoms with Gasteiger partial charge in [0.15, 0.2) is 0 Å². The van der Waals surface area contributed by atoms with Crippen LogP contribution in [0.25, 0.3) is 4.85 Å². The molecule has 2 nitrogen and oxygen atoms in total. The first-order chi connectivity index (χ1) is 6.85. The summed E-state index contributed by atoms with van der Waals surface area (Å²) in [6.45, 7) is 6.83. The van der Waals surface area contributed by atoms with Gasteiger partial charge >= 0.3 is 103 Å². The summed E-state index contributed by atoms with van der Waals surface area (Å²) in [7, 11) is 0.